The number of carboxylic acids is 1. The quantitative estimate of drug-likeness (QED) is 0.618. The molecule has 0 fully saturated rings. The van der Waals surface area contributed by atoms with Crippen molar-refractivity contribution in [1.29, 1.82) is 0 Å². The molecule has 0 bridgehead atoms. The fourth-order valence-electron chi connectivity index (χ4n) is 1.18. The van der Waals surface area contributed by atoms with Gasteiger partial charge < -0.3 is 14.9 Å². The molecule has 114 valence electrons. The molecular weight excluding hydrogens is 272 g/mol. The zero-order valence-electron chi connectivity index (χ0n) is 12.0. The van der Waals surface area contributed by atoms with E-state index in [9.17, 15) is 14.7 Å². The lowest BCUT2D eigenvalue weighted by Gasteiger charge is -2.10. The van der Waals surface area contributed by atoms with Crippen LogP contribution in [-0.4, -0.2) is 34.9 Å². The number of benzene rings is 1. The Morgan fingerprint density at radius 3 is 2.29 bits per heavy atom. The third-order valence-electron chi connectivity index (χ3n) is 2.26. The number of carbonyl (C=O) groups is 2. The highest BCUT2D eigenvalue weighted by atomic mass is 16.5. The van der Waals surface area contributed by atoms with Crippen LogP contribution in [0.1, 0.15) is 12.5 Å². The van der Waals surface area contributed by atoms with Gasteiger partial charge in [0.05, 0.1) is 6.10 Å². The van der Waals surface area contributed by atoms with Crippen molar-refractivity contribution in [2.24, 2.45) is 0 Å². The van der Waals surface area contributed by atoms with Crippen LogP contribution in [0.25, 0.3) is 0 Å². The van der Waals surface area contributed by atoms with E-state index in [4.69, 9.17) is 9.84 Å². The lowest BCUT2D eigenvalue weighted by atomic mass is 10.1. The third-order valence-corrected chi connectivity index (χ3v) is 2.26. The number of rotatable bonds is 6. The van der Waals surface area contributed by atoms with E-state index < -0.39 is 18.0 Å². The Morgan fingerprint density at radius 1 is 1.33 bits per heavy atom. The first-order valence-electron chi connectivity index (χ1n) is 6.26. The summed E-state index contributed by atoms with van der Waals surface area (Å²) in [5, 5.41) is 17.4. The van der Waals surface area contributed by atoms with E-state index in [0.29, 0.717) is 6.42 Å². The number of hydrogen-bond donors (Lipinski definition) is 2. The molecule has 1 unspecified atom stereocenters. The lowest BCUT2D eigenvalue weighted by Crippen LogP contribution is -2.20. The van der Waals surface area contributed by atoms with E-state index in [1.54, 1.807) is 0 Å². The van der Waals surface area contributed by atoms with Crippen molar-refractivity contribution >= 4 is 11.9 Å². The fourth-order valence-corrected chi connectivity index (χ4v) is 1.18. The molecule has 0 spiro atoms. The van der Waals surface area contributed by atoms with Gasteiger partial charge in [-0.1, -0.05) is 43.5 Å². The first-order valence-corrected chi connectivity index (χ1v) is 6.26. The average Bonchev–Trinajstić information content (AvgIpc) is 2.46. The monoisotopic (exact) mass is 292 g/mol. The second-order valence-corrected chi connectivity index (χ2v) is 4.26. The van der Waals surface area contributed by atoms with Crippen LogP contribution in [0.2, 0.25) is 0 Å². The van der Waals surface area contributed by atoms with Crippen molar-refractivity contribution in [1.82, 2.24) is 0 Å². The van der Waals surface area contributed by atoms with E-state index >= 15 is 0 Å². The largest absolute Gasteiger partial charge is 0.478 e. The molecule has 0 aliphatic heterocycles. The van der Waals surface area contributed by atoms with Crippen molar-refractivity contribution in [3.8, 4) is 0 Å². The predicted octanol–water partition coefficient (Wildman–Crippen LogP) is 1.97. The fraction of sp³-hybridized carbons (Fsp3) is 0.250. The van der Waals surface area contributed by atoms with Gasteiger partial charge in [0.2, 0.25) is 0 Å². The smallest absolute Gasteiger partial charge is 0.330 e. The Bertz CT molecular complexity index is 467. The highest BCUT2D eigenvalue weighted by Crippen LogP contribution is 2.03. The highest BCUT2D eigenvalue weighted by molar-refractivity contribution is 5.84. The Labute approximate surface area is 124 Å². The number of carbonyl (C=O) groups excluding carboxylic acids is 1. The molecule has 0 radical (unpaired) electrons. The van der Waals surface area contributed by atoms with Crippen LogP contribution in [-0.2, 0) is 20.7 Å². The van der Waals surface area contributed by atoms with Gasteiger partial charge in [0.15, 0.2) is 0 Å². The number of ether oxygens (including phenoxy) is 1. The molecule has 5 nitrogen and oxygen atoms in total. The zero-order valence-corrected chi connectivity index (χ0v) is 12.0. The summed E-state index contributed by atoms with van der Waals surface area (Å²) in [5.74, 6) is -1.45. The lowest BCUT2D eigenvalue weighted by molar-refractivity contribution is -0.140. The Hall–Kier alpha value is -2.40. The summed E-state index contributed by atoms with van der Waals surface area (Å²) >= 11 is 0. The maximum Gasteiger partial charge on any atom is 0.330 e. The number of aliphatic carboxylic acids is 1. The van der Waals surface area contributed by atoms with Gasteiger partial charge in [-0.2, -0.15) is 0 Å². The standard InChI is InChI=1S/C12H14O3.C4H6O2/c1-2-12(14)15-9-11(13)8-10-6-4-3-5-7-10;1-3(2)4(5)6/h2-7,11,13H,1,8-9H2;1H2,2H3,(H,5,6). The van der Waals surface area contributed by atoms with E-state index in [1.165, 1.54) is 6.92 Å². The third kappa shape index (κ3) is 10.1. The minimum Gasteiger partial charge on any atom is -0.478 e. The van der Waals surface area contributed by atoms with Crippen LogP contribution in [0.4, 0.5) is 0 Å². The van der Waals surface area contributed by atoms with E-state index in [2.05, 4.69) is 13.2 Å². The molecule has 0 saturated carbocycles. The molecule has 0 aromatic heterocycles. The summed E-state index contributed by atoms with van der Waals surface area (Å²) in [6.45, 7) is 7.87. The number of carboxylic acid groups (broad SMARTS) is 1. The van der Waals surface area contributed by atoms with Gasteiger partial charge in [-0.05, 0) is 12.5 Å². The van der Waals surface area contributed by atoms with Crippen molar-refractivity contribution in [2.75, 3.05) is 6.61 Å². The van der Waals surface area contributed by atoms with E-state index in [-0.39, 0.29) is 12.2 Å². The van der Waals surface area contributed by atoms with Gasteiger partial charge in [0, 0.05) is 18.1 Å². The van der Waals surface area contributed by atoms with Crippen LogP contribution in [0.15, 0.2) is 55.1 Å². The summed E-state index contributed by atoms with van der Waals surface area (Å²) in [5.41, 5.74) is 1.19. The van der Waals surface area contributed by atoms with Gasteiger partial charge in [-0.25, -0.2) is 9.59 Å². The first kappa shape index (κ1) is 18.6. The Morgan fingerprint density at radius 2 is 1.86 bits per heavy atom. The molecule has 1 aromatic rings. The number of esters is 1. The Balaban J connectivity index is 0.000000567. The summed E-state index contributed by atoms with van der Waals surface area (Å²) in [4.78, 5) is 20.3. The molecule has 2 N–H and O–H groups in total. The molecule has 0 saturated heterocycles. The van der Waals surface area contributed by atoms with Crippen molar-refractivity contribution < 1.29 is 24.5 Å². The van der Waals surface area contributed by atoms with Crippen LogP contribution in [0, 0.1) is 0 Å². The van der Waals surface area contributed by atoms with Gasteiger partial charge in [0.25, 0.3) is 0 Å². The van der Waals surface area contributed by atoms with Crippen molar-refractivity contribution in [3.63, 3.8) is 0 Å². The molecule has 1 aromatic carbocycles. The second kappa shape index (κ2) is 10.4. The van der Waals surface area contributed by atoms with Gasteiger partial charge >= 0.3 is 11.9 Å². The van der Waals surface area contributed by atoms with Crippen LogP contribution in [0.3, 0.4) is 0 Å². The molecule has 21 heavy (non-hydrogen) atoms. The first-order chi connectivity index (χ1) is 9.86. The van der Waals surface area contributed by atoms with Gasteiger partial charge in [0.1, 0.15) is 6.61 Å². The summed E-state index contributed by atoms with van der Waals surface area (Å²) in [6.07, 6.45) is 0.886. The van der Waals surface area contributed by atoms with Crippen LogP contribution in [0.5, 0.6) is 0 Å². The maximum absolute atomic E-state index is 10.7. The molecule has 0 aliphatic rings. The molecule has 0 amide bonds. The molecule has 0 aliphatic carbocycles. The maximum atomic E-state index is 10.7. The molecule has 1 rings (SSSR count). The topological polar surface area (TPSA) is 83.8 Å². The molecule has 1 atom stereocenters. The van der Waals surface area contributed by atoms with Crippen LogP contribution < -0.4 is 0 Å². The number of hydrogen-bond acceptors (Lipinski definition) is 4. The minimum absolute atomic E-state index is 0.000250. The summed E-state index contributed by atoms with van der Waals surface area (Å²) < 4.78 is 4.72. The highest BCUT2D eigenvalue weighted by Gasteiger charge is 2.07. The summed E-state index contributed by atoms with van der Waals surface area (Å²) in [7, 11) is 0. The minimum atomic E-state index is -0.935. The number of aliphatic hydroxyl groups excluding tert-OH is 1. The number of aliphatic hydroxyl groups is 1. The summed E-state index contributed by atoms with van der Waals surface area (Å²) in [6, 6.07) is 9.54. The molecule has 5 heteroatoms. The Kier molecular flexibility index (Phi) is 9.21. The molecular formula is C16H20O5. The van der Waals surface area contributed by atoms with E-state index in [1.807, 2.05) is 30.3 Å². The zero-order chi connectivity index (χ0) is 16.3. The van der Waals surface area contributed by atoms with Crippen LogP contribution >= 0.6 is 0 Å². The molecule has 0 heterocycles. The van der Waals surface area contributed by atoms with Gasteiger partial charge in [-0.3, -0.25) is 0 Å². The van der Waals surface area contributed by atoms with Crippen molar-refractivity contribution in [3.05, 3.63) is 60.7 Å². The predicted molar refractivity (Wildman–Crippen MR) is 79.8 cm³/mol. The average molecular weight is 292 g/mol. The second-order valence-electron chi connectivity index (χ2n) is 4.26. The normalized spacial score (nSPS) is 10.6. The van der Waals surface area contributed by atoms with Gasteiger partial charge in [-0.15, -0.1) is 0 Å². The van der Waals surface area contributed by atoms with E-state index in [0.717, 1.165) is 11.6 Å². The SMILES string of the molecule is C=C(C)C(=O)O.C=CC(=O)OCC(O)Cc1ccccc1. The van der Waals surface area contributed by atoms with Crippen molar-refractivity contribution in [2.45, 2.75) is 19.4 Å².